The van der Waals surface area contributed by atoms with Crippen LogP contribution in [-0.4, -0.2) is 30.2 Å². The van der Waals surface area contributed by atoms with Crippen molar-refractivity contribution >= 4 is 34.9 Å². The summed E-state index contributed by atoms with van der Waals surface area (Å²) in [5.41, 5.74) is 1.55. The van der Waals surface area contributed by atoms with Gasteiger partial charge in [-0.15, -0.1) is 0 Å². The summed E-state index contributed by atoms with van der Waals surface area (Å²) in [6, 6.07) is 13.6. The Morgan fingerprint density at radius 1 is 1.04 bits per heavy atom. The third-order valence-corrected chi connectivity index (χ3v) is 3.95. The Morgan fingerprint density at radius 2 is 1.79 bits per heavy atom. The Morgan fingerprint density at radius 3 is 2.46 bits per heavy atom. The fourth-order valence-electron chi connectivity index (χ4n) is 2.30. The fourth-order valence-corrected chi connectivity index (χ4v) is 2.51. The highest BCUT2D eigenvalue weighted by Crippen LogP contribution is 2.14. The van der Waals surface area contributed by atoms with Gasteiger partial charge < -0.3 is 14.8 Å². The summed E-state index contributed by atoms with van der Waals surface area (Å²) in [6.07, 6.45) is 2.00. The van der Waals surface area contributed by atoms with Crippen molar-refractivity contribution in [1.29, 1.82) is 0 Å². The molecular formula is C21H24N2O4S. The lowest BCUT2D eigenvalue weighted by molar-refractivity contribution is 0.0526. The number of anilines is 1. The molecule has 0 saturated carbocycles. The van der Waals surface area contributed by atoms with Crippen LogP contribution in [0.3, 0.4) is 0 Å². The molecule has 0 aliphatic carbocycles. The first-order valence-corrected chi connectivity index (χ1v) is 9.56. The lowest BCUT2D eigenvalue weighted by atomic mass is 10.2. The highest BCUT2D eigenvalue weighted by atomic mass is 32.1. The molecule has 2 aromatic rings. The second kappa shape index (κ2) is 11.0. The van der Waals surface area contributed by atoms with Crippen molar-refractivity contribution in [3.63, 3.8) is 0 Å². The van der Waals surface area contributed by atoms with Gasteiger partial charge in [-0.2, -0.15) is 0 Å². The van der Waals surface area contributed by atoms with Gasteiger partial charge in [-0.05, 0) is 68.0 Å². The van der Waals surface area contributed by atoms with Crippen LogP contribution in [-0.2, 0) is 4.74 Å². The molecule has 0 radical (unpaired) electrons. The van der Waals surface area contributed by atoms with E-state index in [2.05, 4.69) is 17.6 Å². The second-order valence-corrected chi connectivity index (χ2v) is 6.34. The number of ether oxygens (including phenoxy) is 2. The largest absolute Gasteiger partial charge is 0.494 e. The van der Waals surface area contributed by atoms with Crippen molar-refractivity contribution in [1.82, 2.24) is 5.32 Å². The molecule has 2 aromatic carbocycles. The van der Waals surface area contributed by atoms with Crippen LogP contribution in [0.25, 0.3) is 0 Å². The van der Waals surface area contributed by atoms with Crippen molar-refractivity contribution in [2.24, 2.45) is 0 Å². The normalized spacial score (nSPS) is 10.1. The third-order valence-electron chi connectivity index (χ3n) is 3.74. The molecule has 7 heteroatoms. The van der Waals surface area contributed by atoms with Gasteiger partial charge in [-0.25, -0.2) is 4.79 Å². The van der Waals surface area contributed by atoms with E-state index in [1.807, 2.05) is 6.07 Å². The van der Waals surface area contributed by atoms with Crippen LogP contribution in [0.2, 0.25) is 0 Å². The number of esters is 1. The standard InChI is InChI=1S/C21H24N2O4S/c1-3-5-13-27-18-8-6-7-16(14-18)19(24)23-21(28)22-17-11-9-15(10-12-17)20(25)26-4-2/h6-12,14H,3-5,13H2,1-2H3,(H2,22,23,24,28). The minimum atomic E-state index is -0.383. The van der Waals surface area contributed by atoms with E-state index in [0.717, 1.165) is 12.8 Å². The summed E-state index contributed by atoms with van der Waals surface area (Å²) in [4.78, 5) is 24.0. The number of unbranched alkanes of at least 4 members (excludes halogenated alkanes) is 1. The molecule has 1 amide bonds. The number of hydrogen-bond donors (Lipinski definition) is 2. The molecular weight excluding hydrogens is 376 g/mol. The van der Waals surface area contributed by atoms with Gasteiger partial charge in [-0.1, -0.05) is 19.4 Å². The van der Waals surface area contributed by atoms with Crippen LogP contribution in [0.1, 0.15) is 47.4 Å². The van der Waals surface area contributed by atoms with Crippen molar-refractivity contribution < 1.29 is 19.1 Å². The minimum Gasteiger partial charge on any atom is -0.494 e. The summed E-state index contributed by atoms with van der Waals surface area (Å²) in [5, 5.41) is 5.70. The van der Waals surface area contributed by atoms with Gasteiger partial charge in [0, 0.05) is 11.3 Å². The maximum Gasteiger partial charge on any atom is 0.338 e. The lowest BCUT2D eigenvalue weighted by Crippen LogP contribution is -2.34. The van der Waals surface area contributed by atoms with Crippen LogP contribution in [0, 0.1) is 0 Å². The predicted octanol–water partition coefficient (Wildman–Crippen LogP) is 4.17. The van der Waals surface area contributed by atoms with Gasteiger partial charge >= 0.3 is 5.97 Å². The first-order valence-electron chi connectivity index (χ1n) is 9.15. The summed E-state index contributed by atoms with van der Waals surface area (Å²) >= 11 is 5.19. The highest BCUT2D eigenvalue weighted by molar-refractivity contribution is 7.80. The van der Waals surface area contributed by atoms with Crippen LogP contribution >= 0.6 is 12.2 Å². The van der Waals surface area contributed by atoms with Crippen LogP contribution in [0.15, 0.2) is 48.5 Å². The first-order chi connectivity index (χ1) is 13.5. The number of carbonyl (C=O) groups is 2. The maximum atomic E-state index is 12.4. The maximum absolute atomic E-state index is 12.4. The molecule has 0 saturated heterocycles. The van der Waals surface area contributed by atoms with Crippen molar-refractivity contribution in [3.8, 4) is 5.75 Å². The molecule has 0 fully saturated rings. The Hall–Kier alpha value is -2.93. The number of hydrogen-bond acceptors (Lipinski definition) is 5. The number of amides is 1. The summed E-state index contributed by atoms with van der Waals surface area (Å²) in [6.45, 7) is 4.77. The summed E-state index contributed by atoms with van der Waals surface area (Å²) in [7, 11) is 0. The van der Waals surface area contributed by atoms with Crippen LogP contribution in [0.5, 0.6) is 5.75 Å². The molecule has 0 bridgehead atoms. The number of rotatable bonds is 8. The molecule has 28 heavy (non-hydrogen) atoms. The fraction of sp³-hybridized carbons (Fsp3) is 0.286. The smallest absolute Gasteiger partial charge is 0.338 e. The van der Waals surface area contributed by atoms with E-state index in [1.54, 1.807) is 49.4 Å². The summed E-state index contributed by atoms with van der Waals surface area (Å²) < 4.78 is 10.6. The average molecular weight is 401 g/mol. The average Bonchev–Trinajstić information content (AvgIpc) is 2.69. The van der Waals surface area contributed by atoms with E-state index >= 15 is 0 Å². The Kier molecular flexibility index (Phi) is 8.42. The highest BCUT2D eigenvalue weighted by Gasteiger charge is 2.10. The van der Waals surface area contributed by atoms with E-state index in [-0.39, 0.29) is 17.0 Å². The van der Waals surface area contributed by atoms with Gasteiger partial charge in [0.05, 0.1) is 18.8 Å². The van der Waals surface area contributed by atoms with E-state index < -0.39 is 0 Å². The number of carbonyl (C=O) groups excluding carboxylic acids is 2. The zero-order valence-electron chi connectivity index (χ0n) is 16.0. The van der Waals surface area contributed by atoms with E-state index in [1.165, 1.54) is 0 Å². The van der Waals surface area contributed by atoms with E-state index in [9.17, 15) is 9.59 Å². The van der Waals surface area contributed by atoms with Crippen molar-refractivity contribution in [3.05, 3.63) is 59.7 Å². The summed E-state index contributed by atoms with van der Waals surface area (Å²) in [5.74, 6) is -0.0675. The molecule has 0 aliphatic heterocycles. The van der Waals surface area contributed by atoms with Crippen LogP contribution < -0.4 is 15.4 Å². The molecule has 2 rings (SSSR count). The van der Waals surface area contributed by atoms with E-state index in [4.69, 9.17) is 21.7 Å². The first kappa shape index (κ1) is 21.4. The monoisotopic (exact) mass is 400 g/mol. The molecule has 0 unspecified atom stereocenters. The molecule has 0 heterocycles. The molecule has 0 spiro atoms. The topological polar surface area (TPSA) is 76.7 Å². The Bertz CT molecular complexity index is 821. The van der Waals surface area contributed by atoms with Gasteiger partial charge in [-0.3, -0.25) is 10.1 Å². The van der Waals surface area contributed by atoms with Gasteiger partial charge in [0.15, 0.2) is 5.11 Å². The van der Waals surface area contributed by atoms with Crippen molar-refractivity contribution in [2.75, 3.05) is 18.5 Å². The SMILES string of the molecule is CCCCOc1cccc(C(=O)NC(=S)Nc2ccc(C(=O)OCC)cc2)c1. The van der Waals surface area contributed by atoms with Gasteiger partial charge in [0.25, 0.3) is 5.91 Å². The lowest BCUT2D eigenvalue weighted by Gasteiger charge is -2.11. The Balaban J connectivity index is 1.91. The van der Waals surface area contributed by atoms with Gasteiger partial charge in [0.1, 0.15) is 5.75 Å². The zero-order chi connectivity index (χ0) is 20.4. The number of benzene rings is 2. The third kappa shape index (κ3) is 6.66. The molecule has 0 aromatic heterocycles. The number of thiocarbonyl (C=S) groups is 1. The van der Waals surface area contributed by atoms with Crippen molar-refractivity contribution in [2.45, 2.75) is 26.7 Å². The number of nitrogens with one attached hydrogen (secondary N) is 2. The molecule has 148 valence electrons. The molecule has 0 aliphatic rings. The second-order valence-electron chi connectivity index (χ2n) is 5.94. The van der Waals surface area contributed by atoms with Gasteiger partial charge in [0.2, 0.25) is 0 Å². The van der Waals surface area contributed by atoms with Crippen LogP contribution in [0.4, 0.5) is 5.69 Å². The quantitative estimate of drug-likeness (QED) is 0.393. The Labute approximate surface area is 170 Å². The zero-order valence-corrected chi connectivity index (χ0v) is 16.8. The molecule has 2 N–H and O–H groups in total. The molecule has 6 nitrogen and oxygen atoms in total. The van der Waals surface area contributed by atoms with E-state index in [0.29, 0.717) is 35.8 Å². The molecule has 0 atom stereocenters. The minimum absolute atomic E-state index is 0.159. The predicted molar refractivity (Wildman–Crippen MR) is 113 cm³/mol.